The van der Waals surface area contributed by atoms with E-state index in [9.17, 15) is 4.79 Å². The van der Waals surface area contributed by atoms with Crippen LogP contribution in [0.25, 0.3) is 22.2 Å². The normalized spacial score (nSPS) is 15.5. The lowest BCUT2D eigenvalue weighted by Crippen LogP contribution is -2.31. The Balaban J connectivity index is 1.64. The zero-order chi connectivity index (χ0) is 24.1. The highest BCUT2D eigenvalue weighted by Crippen LogP contribution is 2.35. The maximum Gasteiger partial charge on any atom is 0.219 e. The van der Waals surface area contributed by atoms with Crippen LogP contribution < -0.4 is 19.7 Å². The first-order valence-electron chi connectivity index (χ1n) is 11.8. The average molecular weight is 463 g/mol. The second kappa shape index (κ2) is 10.7. The summed E-state index contributed by atoms with van der Waals surface area (Å²) in [5, 5.41) is 4.19. The lowest BCUT2D eigenvalue weighted by Gasteiger charge is -2.23. The topological polar surface area (TPSA) is 66.9 Å². The van der Waals surface area contributed by atoms with Crippen molar-refractivity contribution in [2.45, 2.75) is 13.3 Å². The number of amides is 1. The number of carbonyl (C=O) groups is 1. The van der Waals surface area contributed by atoms with Crippen LogP contribution in [0, 0.1) is 5.92 Å². The van der Waals surface area contributed by atoms with E-state index in [1.165, 1.54) is 5.69 Å². The molecule has 0 spiro atoms. The Bertz CT molecular complexity index is 1130. The van der Waals surface area contributed by atoms with Crippen LogP contribution in [0.3, 0.4) is 0 Å². The van der Waals surface area contributed by atoms with E-state index in [0.717, 1.165) is 66.3 Å². The van der Waals surface area contributed by atoms with Crippen LogP contribution in [0.1, 0.15) is 13.3 Å². The number of hydrogen-bond donors (Lipinski definition) is 1. The number of anilines is 1. The highest BCUT2D eigenvalue weighted by molar-refractivity contribution is 5.95. The van der Waals surface area contributed by atoms with Crippen LogP contribution in [0.4, 0.5) is 5.69 Å². The minimum absolute atomic E-state index is 0.112. The van der Waals surface area contributed by atoms with Gasteiger partial charge in [0.05, 0.1) is 18.3 Å². The van der Waals surface area contributed by atoms with Gasteiger partial charge in [0.15, 0.2) is 0 Å². The molecular formula is C27H34N4O3. The van der Waals surface area contributed by atoms with Gasteiger partial charge in [0, 0.05) is 62.9 Å². The van der Waals surface area contributed by atoms with Crippen LogP contribution in [0.15, 0.2) is 48.5 Å². The van der Waals surface area contributed by atoms with Gasteiger partial charge in [-0.2, -0.15) is 0 Å². The summed E-state index contributed by atoms with van der Waals surface area (Å²) in [5.41, 5.74) is 4.04. The summed E-state index contributed by atoms with van der Waals surface area (Å²) in [6.07, 6.45) is 1.06. The van der Waals surface area contributed by atoms with Crippen LogP contribution in [-0.2, 0) is 4.79 Å². The summed E-state index contributed by atoms with van der Waals surface area (Å²) in [6, 6.07) is 16.4. The summed E-state index contributed by atoms with van der Waals surface area (Å²) in [7, 11) is 5.47. The Morgan fingerprint density at radius 1 is 1.18 bits per heavy atom. The largest absolute Gasteiger partial charge is 0.497 e. The molecule has 1 aliphatic heterocycles. The van der Waals surface area contributed by atoms with E-state index in [4.69, 9.17) is 14.5 Å². The Hall–Kier alpha value is -3.32. The number of likely N-dealkylation sites (N-methyl/N-ethyl adjacent to an activating group) is 1. The van der Waals surface area contributed by atoms with Crippen molar-refractivity contribution >= 4 is 22.5 Å². The SMILES string of the molecule is CNCCOc1ccc(-c2cc(N3CCC(CN(C)C(C)=O)C3)c3ccc(OC)cc3n2)cc1. The van der Waals surface area contributed by atoms with E-state index < -0.39 is 0 Å². The van der Waals surface area contributed by atoms with E-state index in [-0.39, 0.29) is 5.91 Å². The molecule has 4 rings (SSSR count). The molecule has 1 N–H and O–H groups in total. The number of carbonyl (C=O) groups excluding carboxylic acids is 1. The van der Waals surface area contributed by atoms with Crippen molar-refractivity contribution in [1.29, 1.82) is 0 Å². The number of hydrogen-bond acceptors (Lipinski definition) is 6. The molecular weight excluding hydrogens is 428 g/mol. The summed E-state index contributed by atoms with van der Waals surface area (Å²) in [4.78, 5) is 20.9. The number of ether oxygens (including phenoxy) is 2. The Morgan fingerprint density at radius 2 is 1.94 bits per heavy atom. The number of nitrogens with one attached hydrogen (secondary N) is 1. The van der Waals surface area contributed by atoms with Gasteiger partial charge in [-0.15, -0.1) is 0 Å². The fourth-order valence-electron chi connectivity index (χ4n) is 4.44. The minimum atomic E-state index is 0.112. The molecule has 0 radical (unpaired) electrons. The lowest BCUT2D eigenvalue weighted by atomic mass is 10.1. The number of nitrogens with zero attached hydrogens (tertiary/aromatic N) is 3. The molecule has 0 aliphatic carbocycles. The number of pyridine rings is 1. The molecule has 2 aromatic carbocycles. The number of benzene rings is 2. The van der Waals surface area contributed by atoms with Crippen LogP contribution in [0.5, 0.6) is 11.5 Å². The van der Waals surface area contributed by atoms with Crippen molar-refractivity contribution in [3.05, 3.63) is 48.5 Å². The highest BCUT2D eigenvalue weighted by Gasteiger charge is 2.26. The molecule has 1 saturated heterocycles. The first-order chi connectivity index (χ1) is 16.5. The molecule has 3 aromatic rings. The summed E-state index contributed by atoms with van der Waals surface area (Å²) in [6.45, 7) is 5.71. The maximum atomic E-state index is 11.7. The summed E-state index contributed by atoms with van der Waals surface area (Å²) < 4.78 is 11.2. The maximum absolute atomic E-state index is 11.7. The smallest absolute Gasteiger partial charge is 0.219 e. The second-order valence-corrected chi connectivity index (χ2v) is 8.89. The van der Waals surface area contributed by atoms with E-state index in [2.05, 4.69) is 34.5 Å². The van der Waals surface area contributed by atoms with Crippen molar-refractivity contribution < 1.29 is 14.3 Å². The van der Waals surface area contributed by atoms with Crippen molar-refractivity contribution in [2.24, 2.45) is 5.92 Å². The predicted octanol–water partition coefficient (Wildman–Crippen LogP) is 3.81. The molecule has 7 heteroatoms. The molecule has 2 heterocycles. The van der Waals surface area contributed by atoms with Gasteiger partial charge in [-0.3, -0.25) is 4.79 Å². The molecule has 0 bridgehead atoms. The lowest BCUT2D eigenvalue weighted by molar-refractivity contribution is -0.128. The van der Waals surface area contributed by atoms with Crippen LogP contribution in [-0.4, -0.2) is 69.8 Å². The quantitative estimate of drug-likeness (QED) is 0.488. The van der Waals surface area contributed by atoms with E-state index in [1.54, 1.807) is 14.0 Å². The van der Waals surface area contributed by atoms with Crippen molar-refractivity contribution in [3.63, 3.8) is 0 Å². The van der Waals surface area contributed by atoms with Gasteiger partial charge in [0.2, 0.25) is 5.91 Å². The fraction of sp³-hybridized carbons (Fsp3) is 0.407. The molecule has 1 amide bonds. The fourth-order valence-corrected chi connectivity index (χ4v) is 4.44. The van der Waals surface area contributed by atoms with Crippen molar-refractivity contribution in [2.75, 3.05) is 58.9 Å². The molecule has 34 heavy (non-hydrogen) atoms. The summed E-state index contributed by atoms with van der Waals surface area (Å²) >= 11 is 0. The second-order valence-electron chi connectivity index (χ2n) is 8.89. The molecule has 180 valence electrons. The Kier molecular flexibility index (Phi) is 7.53. The van der Waals surface area contributed by atoms with Crippen LogP contribution in [0.2, 0.25) is 0 Å². The standard InChI is InChI=1S/C27H34N4O3/c1-19(32)30(3)17-20-11-13-31(18-20)27-16-25(29-26-15-23(33-4)9-10-24(26)27)21-5-7-22(8-6-21)34-14-12-28-2/h5-10,15-16,20,28H,11-14,17-18H2,1-4H3. The minimum Gasteiger partial charge on any atom is -0.497 e. The third kappa shape index (κ3) is 5.42. The third-order valence-corrected chi connectivity index (χ3v) is 6.46. The van der Waals surface area contributed by atoms with Gasteiger partial charge < -0.3 is 24.6 Å². The zero-order valence-electron chi connectivity index (χ0n) is 20.5. The van der Waals surface area contributed by atoms with Gasteiger partial charge in [-0.25, -0.2) is 4.98 Å². The van der Waals surface area contributed by atoms with E-state index in [1.807, 2.05) is 43.3 Å². The monoisotopic (exact) mass is 462 g/mol. The first kappa shape index (κ1) is 23.8. The highest BCUT2D eigenvalue weighted by atomic mass is 16.5. The van der Waals surface area contributed by atoms with Crippen molar-refractivity contribution in [3.8, 4) is 22.8 Å². The van der Waals surface area contributed by atoms with Gasteiger partial charge >= 0.3 is 0 Å². The van der Waals surface area contributed by atoms with Gasteiger partial charge in [0.1, 0.15) is 18.1 Å². The number of rotatable bonds is 9. The third-order valence-electron chi connectivity index (χ3n) is 6.46. The van der Waals surface area contributed by atoms with Gasteiger partial charge in [0.25, 0.3) is 0 Å². The van der Waals surface area contributed by atoms with E-state index >= 15 is 0 Å². The summed E-state index contributed by atoms with van der Waals surface area (Å²) in [5.74, 6) is 2.20. The first-order valence-corrected chi connectivity index (χ1v) is 11.8. The molecule has 1 unspecified atom stereocenters. The molecule has 1 aliphatic rings. The Labute approximate surface area is 201 Å². The molecule has 1 aromatic heterocycles. The van der Waals surface area contributed by atoms with Gasteiger partial charge in [-0.05, 0) is 61.9 Å². The number of aromatic nitrogens is 1. The van der Waals surface area contributed by atoms with E-state index in [0.29, 0.717) is 12.5 Å². The number of fused-ring (bicyclic) bond motifs is 1. The zero-order valence-corrected chi connectivity index (χ0v) is 20.5. The van der Waals surface area contributed by atoms with Gasteiger partial charge in [-0.1, -0.05) is 0 Å². The van der Waals surface area contributed by atoms with Crippen molar-refractivity contribution in [1.82, 2.24) is 15.2 Å². The number of methoxy groups -OCH3 is 1. The molecule has 1 fully saturated rings. The predicted molar refractivity (Wildman–Crippen MR) is 137 cm³/mol. The van der Waals surface area contributed by atoms with Crippen LogP contribution >= 0.6 is 0 Å². The Morgan fingerprint density at radius 3 is 2.65 bits per heavy atom. The molecule has 7 nitrogen and oxygen atoms in total. The molecule has 1 atom stereocenters. The average Bonchev–Trinajstić information content (AvgIpc) is 3.31. The molecule has 0 saturated carbocycles.